The fourth-order valence-corrected chi connectivity index (χ4v) is 4.12. The number of nitrogens with zero attached hydrogens (tertiary/aromatic N) is 2. The minimum atomic E-state index is -0.710. The zero-order chi connectivity index (χ0) is 20.6. The molecule has 0 radical (unpaired) electrons. The molecule has 28 heavy (non-hydrogen) atoms. The molecular formula is C20H24N2O6. The molecule has 1 aromatic rings. The summed E-state index contributed by atoms with van der Waals surface area (Å²) in [5.74, 6) is -0.904. The zero-order valence-corrected chi connectivity index (χ0v) is 16.2. The molecule has 8 nitrogen and oxygen atoms in total. The number of nitro groups is 1. The van der Waals surface area contributed by atoms with Crippen LogP contribution < -0.4 is 0 Å². The number of carbonyl (C=O) groups is 3. The van der Waals surface area contributed by atoms with Crippen LogP contribution in [-0.4, -0.2) is 40.3 Å². The van der Waals surface area contributed by atoms with Gasteiger partial charge >= 0.3 is 5.97 Å². The Labute approximate surface area is 163 Å². The maximum atomic E-state index is 12.5. The lowest BCUT2D eigenvalue weighted by atomic mass is 9.75. The molecule has 3 atom stereocenters. The fraction of sp³-hybridized carbons (Fsp3) is 0.550. The first-order valence-corrected chi connectivity index (χ1v) is 9.53. The number of hydrogen-bond acceptors (Lipinski definition) is 6. The van der Waals surface area contributed by atoms with Crippen molar-refractivity contribution in [2.75, 3.05) is 6.54 Å². The van der Waals surface area contributed by atoms with Gasteiger partial charge in [-0.3, -0.25) is 29.4 Å². The van der Waals surface area contributed by atoms with Gasteiger partial charge in [-0.2, -0.15) is 0 Å². The molecule has 0 N–H and O–H groups in total. The van der Waals surface area contributed by atoms with Crippen LogP contribution in [0.25, 0.3) is 0 Å². The predicted octanol–water partition coefficient (Wildman–Crippen LogP) is 3.19. The molecule has 0 bridgehead atoms. The first-order valence-electron chi connectivity index (χ1n) is 9.53. The topological polar surface area (TPSA) is 107 Å². The Balaban J connectivity index is 1.71. The van der Waals surface area contributed by atoms with Crippen LogP contribution in [0.3, 0.4) is 0 Å². The number of hydrogen-bond donors (Lipinski definition) is 0. The Hall–Kier alpha value is -2.77. The summed E-state index contributed by atoms with van der Waals surface area (Å²) in [6.45, 7) is 5.82. The van der Waals surface area contributed by atoms with Crippen molar-refractivity contribution in [3.8, 4) is 0 Å². The average Bonchev–Trinajstić information content (AvgIpc) is 2.86. The zero-order valence-electron chi connectivity index (χ0n) is 16.2. The van der Waals surface area contributed by atoms with E-state index < -0.39 is 29.3 Å². The van der Waals surface area contributed by atoms with Gasteiger partial charge in [-0.25, -0.2) is 0 Å². The Bertz CT molecular complexity index is 834. The molecule has 0 saturated heterocycles. The Kier molecular flexibility index (Phi) is 5.49. The maximum absolute atomic E-state index is 12.5. The van der Waals surface area contributed by atoms with Crippen molar-refractivity contribution in [2.45, 2.75) is 46.1 Å². The molecule has 2 amide bonds. The first-order chi connectivity index (χ1) is 13.2. The van der Waals surface area contributed by atoms with Crippen LogP contribution in [0.2, 0.25) is 0 Å². The molecule has 0 spiro atoms. The number of esters is 1. The van der Waals surface area contributed by atoms with Gasteiger partial charge in [0.25, 0.3) is 17.5 Å². The van der Waals surface area contributed by atoms with Crippen molar-refractivity contribution < 1.29 is 24.0 Å². The van der Waals surface area contributed by atoms with Crippen LogP contribution in [0.4, 0.5) is 5.69 Å². The van der Waals surface area contributed by atoms with E-state index in [1.165, 1.54) is 12.1 Å². The maximum Gasteiger partial charge on any atom is 0.326 e. The number of carbonyl (C=O) groups excluding carboxylic acids is 3. The third-order valence-corrected chi connectivity index (χ3v) is 5.70. The first kappa shape index (κ1) is 20.0. The van der Waals surface area contributed by atoms with Gasteiger partial charge in [-0.15, -0.1) is 0 Å². The standard InChI is InChI=1S/C20H24N2O6/c1-11(2)14-6-4-12(3)8-17(14)28-18(23)10-21-19(24)15-7-5-13(22(26)27)9-16(15)20(21)25/h5,7,9,11-12,14,17H,4,6,8,10H2,1-3H3. The Morgan fingerprint density at radius 3 is 2.57 bits per heavy atom. The van der Waals surface area contributed by atoms with E-state index in [1.54, 1.807) is 0 Å². The van der Waals surface area contributed by atoms with Crippen molar-refractivity contribution in [3.05, 3.63) is 39.4 Å². The summed E-state index contributed by atoms with van der Waals surface area (Å²) in [4.78, 5) is 48.5. The molecule has 1 saturated carbocycles. The summed E-state index contributed by atoms with van der Waals surface area (Å²) in [7, 11) is 0. The molecule has 1 fully saturated rings. The van der Waals surface area contributed by atoms with Crippen LogP contribution in [-0.2, 0) is 9.53 Å². The molecule has 8 heteroatoms. The quantitative estimate of drug-likeness (QED) is 0.332. The van der Waals surface area contributed by atoms with Gasteiger partial charge in [0.1, 0.15) is 12.6 Å². The number of benzene rings is 1. The lowest BCUT2D eigenvalue weighted by Gasteiger charge is -2.36. The van der Waals surface area contributed by atoms with E-state index in [0.717, 1.165) is 30.2 Å². The normalized spacial score (nSPS) is 24.4. The van der Waals surface area contributed by atoms with E-state index in [1.807, 2.05) is 0 Å². The molecular weight excluding hydrogens is 364 g/mol. The highest BCUT2D eigenvalue weighted by molar-refractivity contribution is 6.22. The van der Waals surface area contributed by atoms with Gasteiger partial charge in [-0.1, -0.05) is 27.2 Å². The van der Waals surface area contributed by atoms with Gasteiger partial charge in [0.15, 0.2) is 0 Å². The number of rotatable bonds is 5. The van der Waals surface area contributed by atoms with Crippen LogP contribution in [0.1, 0.15) is 60.7 Å². The molecule has 0 aromatic heterocycles. The number of imide groups is 1. The van der Waals surface area contributed by atoms with E-state index in [2.05, 4.69) is 20.8 Å². The summed E-state index contributed by atoms with van der Waals surface area (Å²) >= 11 is 0. The number of non-ortho nitro benzene ring substituents is 1. The Morgan fingerprint density at radius 2 is 1.93 bits per heavy atom. The second-order valence-electron chi connectivity index (χ2n) is 8.04. The minimum Gasteiger partial charge on any atom is -0.461 e. The average molecular weight is 388 g/mol. The van der Waals surface area contributed by atoms with Gasteiger partial charge in [0, 0.05) is 12.1 Å². The molecule has 3 unspecified atom stereocenters. The largest absolute Gasteiger partial charge is 0.461 e. The second kappa shape index (κ2) is 7.69. The SMILES string of the molecule is CC1CCC(C(C)C)C(OC(=O)CN2C(=O)c3ccc([N+](=O)[O-])cc3C2=O)C1. The lowest BCUT2D eigenvalue weighted by molar-refractivity contribution is -0.384. The minimum absolute atomic E-state index is 0.0571. The molecule has 1 aromatic carbocycles. The summed E-state index contributed by atoms with van der Waals surface area (Å²) in [5, 5.41) is 10.9. The number of nitro benzene ring substituents is 1. The van der Waals surface area contributed by atoms with Crippen molar-refractivity contribution in [2.24, 2.45) is 17.8 Å². The van der Waals surface area contributed by atoms with Crippen molar-refractivity contribution >= 4 is 23.5 Å². The van der Waals surface area contributed by atoms with E-state index in [0.29, 0.717) is 11.8 Å². The molecule has 2 aliphatic rings. The van der Waals surface area contributed by atoms with E-state index >= 15 is 0 Å². The smallest absolute Gasteiger partial charge is 0.326 e. The molecule has 150 valence electrons. The highest BCUT2D eigenvalue weighted by Crippen LogP contribution is 2.35. The van der Waals surface area contributed by atoms with E-state index in [-0.39, 0.29) is 28.8 Å². The van der Waals surface area contributed by atoms with Gasteiger partial charge in [0.05, 0.1) is 16.1 Å². The second-order valence-corrected chi connectivity index (χ2v) is 8.04. The predicted molar refractivity (Wildman–Crippen MR) is 99.7 cm³/mol. The van der Waals surface area contributed by atoms with E-state index in [9.17, 15) is 24.5 Å². The molecule has 1 aliphatic heterocycles. The highest BCUT2D eigenvalue weighted by atomic mass is 16.6. The number of ether oxygens (including phenoxy) is 1. The Morgan fingerprint density at radius 1 is 1.25 bits per heavy atom. The number of amides is 2. The summed E-state index contributed by atoms with van der Waals surface area (Å²) in [6, 6.07) is 3.48. The summed E-state index contributed by atoms with van der Waals surface area (Å²) < 4.78 is 5.66. The van der Waals surface area contributed by atoms with Crippen LogP contribution in [0.5, 0.6) is 0 Å². The van der Waals surface area contributed by atoms with Crippen molar-refractivity contribution in [3.63, 3.8) is 0 Å². The number of fused-ring (bicyclic) bond motifs is 1. The van der Waals surface area contributed by atoms with E-state index in [4.69, 9.17) is 4.74 Å². The van der Waals surface area contributed by atoms with Gasteiger partial charge in [-0.05, 0) is 36.7 Å². The monoisotopic (exact) mass is 388 g/mol. The van der Waals surface area contributed by atoms with Crippen molar-refractivity contribution in [1.82, 2.24) is 4.90 Å². The van der Waals surface area contributed by atoms with Crippen LogP contribution in [0, 0.1) is 27.9 Å². The van der Waals surface area contributed by atoms with Gasteiger partial charge in [0.2, 0.25) is 0 Å². The highest BCUT2D eigenvalue weighted by Gasteiger charge is 2.39. The molecule has 1 heterocycles. The third-order valence-electron chi connectivity index (χ3n) is 5.70. The summed E-state index contributed by atoms with van der Waals surface area (Å²) in [5.41, 5.74) is -0.270. The fourth-order valence-electron chi connectivity index (χ4n) is 4.12. The lowest BCUT2D eigenvalue weighted by Crippen LogP contribution is -2.40. The van der Waals surface area contributed by atoms with Crippen LogP contribution >= 0.6 is 0 Å². The molecule has 3 rings (SSSR count). The summed E-state index contributed by atoms with van der Waals surface area (Å²) in [6.07, 6.45) is 2.61. The molecule has 1 aliphatic carbocycles. The van der Waals surface area contributed by atoms with Crippen LogP contribution in [0.15, 0.2) is 18.2 Å². The van der Waals surface area contributed by atoms with Crippen molar-refractivity contribution in [1.29, 1.82) is 0 Å². The van der Waals surface area contributed by atoms with Gasteiger partial charge < -0.3 is 4.74 Å². The third kappa shape index (κ3) is 3.76.